The van der Waals surface area contributed by atoms with Gasteiger partial charge in [-0.05, 0) is 53.8 Å². The zero-order valence-electron chi connectivity index (χ0n) is 26.9. The number of unbranched alkanes of at least 4 members (excludes halogenated alkanes) is 1. The number of carbonyl (C=O) groups is 4. The third kappa shape index (κ3) is 6.08. The molecule has 2 fully saturated rings. The van der Waals surface area contributed by atoms with E-state index in [0.717, 1.165) is 10.8 Å². The molecule has 4 aliphatic heterocycles. The van der Waals surface area contributed by atoms with Gasteiger partial charge in [-0.3, -0.25) is 19.2 Å². The molecule has 11 heteroatoms. The molecule has 4 heterocycles. The Labute approximate surface area is 292 Å². The lowest BCUT2D eigenvalue weighted by Crippen LogP contribution is -2.56. The largest absolute Gasteiger partial charge is 0.455 e. The molecule has 3 amide bonds. The summed E-state index contributed by atoms with van der Waals surface area (Å²) in [5.74, 6) is -3.60. The van der Waals surface area contributed by atoms with E-state index in [-0.39, 0.29) is 50.4 Å². The Morgan fingerprint density at radius 2 is 1.69 bits per heavy atom. The Balaban J connectivity index is 1.33. The maximum atomic E-state index is 15.1. The fourth-order valence-electron chi connectivity index (χ4n) is 7.64. The van der Waals surface area contributed by atoms with E-state index in [0.29, 0.717) is 35.0 Å². The highest BCUT2D eigenvalue weighted by Gasteiger charge is 2.75. The first-order chi connectivity index (χ1) is 23.8. The van der Waals surface area contributed by atoms with Crippen LogP contribution in [0.5, 0.6) is 0 Å². The van der Waals surface area contributed by atoms with E-state index < -0.39 is 41.7 Å². The third-order valence-corrected chi connectivity index (χ3v) is 10.6. The van der Waals surface area contributed by atoms with E-state index in [2.05, 4.69) is 21.2 Å². The van der Waals surface area contributed by atoms with Gasteiger partial charge in [0.15, 0.2) is 0 Å². The summed E-state index contributed by atoms with van der Waals surface area (Å²) in [6.07, 6.45) is 5.45. The Morgan fingerprint density at radius 3 is 2.49 bits per heavy atom. The van der Waals surface area contributed by atoms with E-state index >= 15 is 4.79 Å². The van der Waals surface area contributed by atoms with Gasteiger partial charge in [0.1, 0.15) is 29.8 Å². The third-order valence-electron chi connectivity index (χ3n) is 9.96. The zero-order valence-corrected chi connectivity index (χ0v) is 28.5. The van der Waals surface area contributed by atoms with Crippen molar-refractivity contribution in [3.05, 3.63) is 101 Å². The lowest BCUT2D eigenvalue weighted by Gasteiger charge is -2.36. The standard InChI is InChI=1S/C38H38BrN3O7/c39-28-22-38-32-31(33(28)49-38)37(47)48-29(25-12-3-1-4-13-25)23-40-30(44)15-5-2-8-18-41(27-17-16-24-11-6-7-14-26(24)21-27)36(46)34(38)42(35(32)45)19-9-10-20-43/h1-4,6-8,11-14,16-17,21-22,29,31-34,43H,5,9-10,15,18-20,23H2,(H,40,44)/b8-2-/t29-,31-,32+,33-,34-,38+/m0/s1. The second-order valence-corrected chi connectivity index (χ2v) is 13.8. The molecule has 254 valence electrons. The van der Waals surface area contributed by atoms with Crippen LogP contribution in [0.15, 0.2) is 95.5 Å². The summed E-state index contributed by atoms with van der Waals surface area (Å²) in [6, 6.07) is 21.7. The van der Waals surface area contributed by atoms with Crippen molar-refractivity contribution >= 4 is 56.1 Å². The second-order valence-electron chi connectivity index (χ2n) is 12.9. The average Bonchev–Trinajstić information content (AvgIpc) is 3.71. The molecule has 49 heavy (non-hydrogen) atoms. The highest BCUT2D eigenvalue weighted by Crippen LogP contribution is 2.59. The molecule has 4 aliphatic rings. The predicted molar refractivity (Wildman–Crippen MR) is 186 cm³/mol. The van der Waals surface area contributed by atoms with Crippen LogP contribution in [0, 0.1) is 11.8 Å². The van der Waals surface area contributed by atoms with Crippen molar-refractivity contribution in [2.75, 3.05) is 31.1 Å². The van der Waals surface area contributed by atoms with Crippen LogP contribution in [0.3, 0.4) is 0 Å². The maximum Gasteiger partial charge on any atom is 0.313 e. The molecule has 1 spiro atoms. The number of nitrogens with one attached hydrogen (secondary N) is 1. The van der Waals surface area contributed by atoms with Crippen LogP contribution in [0.2, 0.25) is 0 Å². The van der Waals surface area contributed by atoms with Crippen molar-refractivity contribution in [3.8, 4) is 0 Å². The number of fused-ring (bicyclic) bond motifs is 3. The number of likely N-dealkylation sites (tertiary alicyclic amines) is 1. The second kappa shape index (κ2) is 13.9. The summed E-state index contributed by atoms with van der Waals surface area (Å²) in [5, 5.41) is 14.4. The molecule has 0 aliphatic carbocycles. The molecule has 7 rings (SSSR count). The number of rotatable bonds is 6. The first kappa shape index (κ1) is 33.2. The number of esters is 1. The molecule has 5 bridgehead atoms. The molecule has 0 saturated carbocycles. The van der Waals surface area contributed by atoms with Crippen molar-refractivity contribution in [1.82, 2.24) is 10.2 Å². The van der Waals surface area contributed by atoms with Crippen molar-refractivity contribution in [1.29, 1.82) is 0 Å². The van der Waals surface area contributed by atoms with E-state index in [4.69, 9.17) is 9.47 Å². The van der Waals surface area contributed by atoms with Crippen molar-refractivity contribution in [2.45, 2.75) is 49.5 Å². The molecule has 0 aromatic heterocycles. The molecule has 3 aromatic rings. The highest BCUT2D eigenvalue weighted by atomic mass is 79.9. The van der Waals surface area contributed by atoms with Gasteiger partial charge in [0.2, 0.25) is 11.8 Å². The number of nitrogens with zero attached hydrogens (tertiary/aromatic N) is 2. The zero-order chi connectivity index (χ0) is 34.1. The Morgan fingerprint density at radius 1 is 0.918 bits per heavy atom. The lowest BCUT2D eigenvalue weighted by atomic mass is 9.74. The molecule has 0 unspecified atom stereocenters. The van der Waals surface area contributed by atoms with Gasteiger partial charge < -0.3 is 29.7 Å². The smallest absolute Gasteiger partial charge is 0.313 e. The number of hydrogen-bond acceptors (Lipinski definition) is 7. The fraction of sp³-hybridized carbons (Fsp3) is 0.368. The van der Waals surface area contributed by atoms with Gasteiger partial charge in [0.05, 0.1) is 12.5 Å². The predicted octanol–water partition coefficient (Wildman–Crippen LogP) is 4.57. The molecule has 2 saturated heterocycles. The first-order valence-corrected chi connectivity index (χ1v) is 17.6. The topological polar surface area (TPSA) is 125 Å². The maximum absolute atomic E-state index is 15.1. The number of cyclic esters (lactones) is 1. The minimum Gasteiger partial charge on any atom is -0.455 e. The Bertz CT molecular complexity index is 1830. The number of aliphatic hydroxyl groups excluding tert-OH is 1. The van der Waals surface area contributed by atoms with Crippen LogP contribution >= 0.6 is 15.9 Å². The summed E-state index contributed by atoms with van der Waals surface area (Å²) >= 11 is 3.61. The molecule has 6 atom stereocenters. The van der Waals surface area contributed by atoms with Crippen LogP contribution in [-0.2, 0) is 28.7 Å². The van der Waals surface area contributed by atoms with Gasteiger partial charge in [0.25, 0.3) is 5.91 Å². The molecular formula is C38H38BrN3O7. The fourth-order valence-corrected chi connectivity index (χ4v) is 8.37. The van der Waals surface area contributed by atoms with Crippen LogP contribution in [-0.4, -0.2) is 77.7 Å². The number of amides is 3. The van der Waals surface area contributed by atoms with Crippen LogP contribution < -0.4 is 10.2 Å². The number of anilines is 1. The molecule has 3 aromatic carbocycles. The number of benzene rings is 3. The number of halogens is 1. The van der Waals surface area contributed by atoms with Gasteiger partial charge in [-0.15, -0.1) is 0 Å². The van der Waals surface area contributed by atoms with Crippen LogP contribution in [0.1, 0.15) is 37.4 Å². The number of allylic oxidation sites excluding steroid dienone is 1. The number of aliphatic hydroxyl groups is 1. The van der Waals surface area contributed by atoms with Crippen molar-refractivity contribution in [2.24, 2.45) is 11.8 Å². The van der Waals surface area contributed by atoms with Gasteiger partial charge >= 0.3 is 5.97 Å². The van der Waals surface area contributed by atoms with E-state index in [1.165, 1.54) is 4.90 Å². The van der Waals surface area contributed by atoms with E-state index in [1.54, 1.807) is 11.0 Å². The number of ether oxygens (including phenoxy) is 2. The Kier molecular flexibility index (Phi) is 9.41. The average molecular weight is 729 g/mol. The quantitative estimate of drug-likeness (QED) is 0.217. The summed E-state index contributed by atoms with van der Waals surface area (Å²) in [4.78, 5) is 59.9. The summed E-state index contributed by atoms with van der Waals surface area (Å²) < 4.78 is 13.4. The monoisotopic (exact) mass is 727 g/mol. The van der Waals surface area contributed by atoms with Crippen molar-refractivity contribution < 1.29 is 33.8 Å². The van der Waals surface area contributed by atoms with Gasteiger partial charge in [-0.25, -0.2) is 0 Å². The lowest BCUT2D eigenvalue weighted by molar-refractivity contribution is -0.159. The molecule has 2 N–H and O–H groups in total. The number of carbonyl (C=O) groups excluding carboxylic acids is 4. The van der Waals surface area contributed by atoms with E-state index in [9.17, 15) is 19.5 Å². The SMILES string of the molecule is O=C1CC/C=C\CN(c2ccc3ccccc3c2)C(=O)[C@@H]2N(CCCCO)C(=O)[C@H]3[C@H](C(=O)O[C@H](c4ccccc4)CN1)[C@H]1O[C@@]23C=C1Br. The van der Waals surface area contributed by atoms with Crippen LogP contribution in [0.4, 0.5) is 5.69 Å². The van der Waals surface area contributed by atoms with Crippen LogP contribution in [0.25, 0.3) is 10.8 Å². The minimum atomic E-state index is -1.43. The molecule has 0 radical (unpaired) electrons. The van der Waals surface area contributed by atoms with Gasteiger partial charge in [-0.1, -0.05) is 88.7 Å². The summed E-state index contributed by atoms with van der Waals surface area (Å²) in [5.41, 5.74) is -0.0854. The number of hydrogen-bond donors (Lipinski definition) is 2. The van der Waals surface area contributed by atoms with Gasteiger partial charge in [-0.2, -0.15) is 0 Å². The first-order valence-electron chi connectivity index (χ1n) is 16.8. The van der Waals surface area contributed by atoms with Crippen molar-refractivity contribution in [3.63, 3.8) is 0 Å². The summed E-state index contributed by atoms with van der Waals surface area (Å²) in [7, 11) is 0. The molecule has 10 nitrogen and oxygen atoms in total. The highest BCUT2D eigenvalue weighted by molar-refractivity contribution is 9.11. The minimum absolute atomic E-state index is 0.0559. The molecular weight excluding hydrogens is 690 g/mol. The van der Waals surface area contributed by atoms with E-state index in [1.807, 2.05) is 84.9 Å². The summed E-state index contributed by atoms with van der Waals surface area (Å²) in [6.45, 7) is 0.390. The normalized spacial score (nSPS) is 29.5. The Hall–Kier alpha value is -4.32. The van der Waals surface area contributed by atoms with Gasteiger partial charge in [0, 0.05) is 36.3 Å².